The Labute approximate surface area is 144 Å². The van der Waals surface area contributed by atoms with E-state index in [1.807, 2.05) is 66.7 Å². The second kappa shape index (κ2) is 7.34. The number of benzene rings is 3. The maximum atomic E-state index is 5.98. The molecule has 0 spiro atoms. The summed E-state index contributed by atoms with van der Waals surface area (Å²) in [5.74, 6) is 1.47. The molecule has 0 aliphatic rings. The Kier molecular flexibility index (Phi) is 4.99. The fourth-order valence-corrected chi connectivity index (χ4v) is 2.90. The maximum absolute atomic E-state index is 5.98. The zero-order chi connectivity index (χ0) is 16.1. The van der Waals surface area contributed by atoms with Crippen molar-refractivity contribution in [3.05, 3.63) is 82.8 Å². The molecule has 3 aromatic rings. The highest BCUT2D eigenvalue weighted by atomic mass is 79.9. The molecule has 116 valence electrons. The van der Waals surface area contributed by atoms with Crippen molar-refractivity contribution in [3.63, 3.8) is 0 Å². The largest absolute Gasteiger partial charge is 0.493 e. The van der Waals surface area contributed by atoms with Crippen LogP contribution in [0.5, 0.6) is 11.5 Å². The fraction of sp³-hybridized carbons (Fsp3) is 0.100. The van der Waals surface area contributed by atoms with E-state index in [9.17, 15) is 0 Å². The van der Waals surface area contributed by atoms with Gasteiger partial charge in [0, 0.05) is 4.47 Å². The van der Waals surface area contributed by atoms with Gasteiger partial charge in [-0.15, -0.1) is 0 Å². The number of rotatable bonds is 5. The van der Waals surface area contributed by atoms with Gasteiger partial charge < -0.3 is 9.47 Å². The number of ether oxygens (including phenoxy) is 2. The molecule has 0 aliphatic carbocycles. The quantitative estimate of drug-likeness (QED) is 0.574. The molecule has 0 aromatic heterocycles. The van der Waals surface area contributed by atoms with Crippen LogP contribution in [-0.2, 0) is 6.61 Å². The molecule has 0 atom stereocenters. The molecule has 0 N–H and O–H groups in total. The number of methoxy groups -OCH3 is 1. The molecule has 0 saturated carbocycles. The summed E-state index contributed by atoms with van der Waals surface area (Å²) in [4.78, 5) is 0. The molecule has 2 nitrogen and oxygen atoms in total. The standard InChI is InChI=1S/C20H17BrO2/c1-22-19-12-11-16(17-9-5-6-10-18(17)21)13-20(19)23-14-15-7-3-2-4-8-15/h2-13H,14H2,1H3. The second-order valence-electron chi connectivity index (χ2n) is 5.12. The lowest BCUT2D eigenvalue weighted by atomic mass is 10.1. The van der Waals surface area contributed by atoms with E-state index in [0.717, 1.165) is 32.7 Å². The van der Waals surface area contributed by atoms with E-state index in [0.29, 0.717) is 6.61 Å². The molecule has 0 amide bonds. The minimum Gasteiger partial charge on any atom is -0.493 e. The molecule has 0 fully saturated rings. The fourth-order valence-electron chi connectivity index (χ4n) is 2.39. The van der Waals surface area contributed by atoms with Gasteiger partial charge in [-0.1, -0.05) is 70.5 Å². The molecule has 3 rings (SSSR count). The minimum atomic E-state index is 0.511. The van der Waals surface area contributed by atoms with Crippen LogP contribution in [0.15, 0.2) is 77.3 Å². The summed E-state index contributed by atoms with van der Waals surface area (Å²) >= 11 is 3.60. The highest BCUT2D eigenvalue weighted by Crippen LogP contribution is 2.35. The molecule has 0 aliphatic heterocycles. The van der Waals surface area contributed by atoms with Crippen LogP contribution in [-0.4, -0.2) is 7.11 Å². The summed E-state index contributed by atoms with van der Waals surface area (Å²) in [5.41, 5.74) is 3.34. The van der Waals surface area contributed by atoms with Gasteiger partial charge in [-0.2, -0.15) is 0 Å². The van der Waals surface area contributed by atoms with Crippen molar-refractivity contribution in [2.24, 2.45) is 0 Å². The highest BCUT2D eigenvalue weighted by Gasteiger charge is 2.09. The minimum absolute atomic E-state index is 0.511. The van der Waals surface area contributed by atoms with Gasteiger partial charge in [0.15, 0.2) is 11.5 Å². The zero-order valence-electron chi connectivity index (χ0n) is 12.8. The summed E-state index contributed by atoms with van der Waals surface area (Å²) in [7, 11) is 1.66. The van der Waals surface area contributed by atoms with Crippen molar-refractivity contribution in [2.75, 3.05) is 7.11 Å². The van der Waals surface area contributed by atoms with Crippen LogP contribution in [0.25, 0.3) is 11.1 Å². The average Bonchev–Trinajstić information content (AvgIpc) is 2.61. The number of hydrogen-bond donors (Lipinski definition) is 0. The number of halogens is 1. The Balaban J connectivity index is 1.89. The van der Waals surface area contributed by atoms with E-state index in [1.54, 1.807) is 7.11 Å². The van der Waals surface area contributed by atoms with Crippen molar-refractivity contribution in [1.82, 2.24) is 0 Å². The summed E-state index contributed by atoms with van der Waals surface area (Å²) < 4.78 is 12.4. The second-order valence-corrected chi connectivity index (χ2v) is 5.97. The third kappa shape index (κ3) is 3.74. The van der Waals surface area contributed by atoms with Gasteiger partial charge in [-0.25, -0.2) is 0 Å². The molecular formula is C20H17BrO2. The average molecular weight is 369 g/mol. The summed E-state index contributed by atoms with van der Waals surface area (Å²) in [6.45, 7) is 0.511. The molecule has 0 saturated heterocycles. The van der Waals surface area contributed by atoms with E-state index in [4.69, 9.17) is 9.47 Å². The zero-order valence-corrected chi connectivity index (χ0v) is 14.4. The van der Waals surface area contributed by atoms with Crippen LogP contribution in [0.4, 0.5) is 0 Å². The first-order valence-corrected chi connectivity index (χ1v) is 8.17. The van der Waals surface area contributed by atoms with Gasteiger partial charge in [0.05, 0.1) is 7.11 Å². The van der Waals surface area contributed by atoms with E-state index in [-0.39, 0.29) is 0 Å². The first-order chi connectivity index (χ1) is 11.3. The van der Waals surface area contributed by atoms with Crippen molar-refractivity contribution < 1.29 is 9.47 Å². The lowest BCUT2D eigenvalue weighted by Gasteiger charge is -2.13. The van der Waals surface area contributed by atoms with Gasteiger partial charge in [0.2, 0.25) is 0 Å². The first kappa shape index (κ1) is 15.6. The Morgan fingerprint density at radius 3 is 2.30 bits per heavy atom. The van der Waals surface area contributed by atoms with Crippen LogP contribution in [0, 0.1) is 0 Å². The van der Waals surface area contributed by atoms with Crippen molar-refractivity contribution in [2.45, 2.75) is 6.61 Å². The summed E-state index contributed by atoms with van der Waals surface area (Å²) in [5, 5.41) is 0. The van der Waals surface area contributed by atoms with Gasteiger partial charge in [-0.05, 0) is 34.9 Å². The van der Waals surface area contributed by atoms with Crippen LogP contribution in [0.3, 0.4) is 0 Å². The van der Waals surface area contributed by atoms with Gasteiger partial charge in [-0.3, -0.25) is 0 Å². The van der Waals surface area contributed by atoms with Gasteiger partial charge in [0.1, 0.15) is 6.61 Å². The van der Waals surface area contributed by atoms with Crippen LogP contribution in [0.1, 0.15) is 5.56 Å². The summed E-state index contributed by atoms with van der Waals surface area (Å²) in [6, 6.07) is 24.2. The van der Waals surface area contributed by atoms with Crippen LogP contribution >= 0.6 is 15.9 Å². The highest BCUT2D eigenvalue weighted by molar-refractivity contribution is 9.10. The van der Waals surface area contributed by atoms with Crippen molar-refractivity contribution >= 4 is 15.9 Å². The molecule has 0 bridgehead atoms. The predicted octanol–water partition coefficient (Wildman–Crippen LogP) is 5.70. The topological polar surface area (TPSA) is 18.5 Å². The SMILES string of the molecule is COc1ccc(-c2ccccc2Br)cc1OCc1ccccc1. The lowest BCUT2D eigenvalue weighted by Crippen LogP contribution is -1.98. The van der Waals surface area contributed by atoms with Crippen LogP contribution in [0.2, 0.25) is 0 Å². The molecule has 0 radical (unpaired) electrons. The monoisotopic (exact) mass is 368 g/mol. The Hall–Kier alpha value is -2.26. The normalized spacial score (nSPS) is 10.3. The van der Waals surface area contributed by atoms with E-state index in [1.165, 1.54) is 0 Å². The van der Waals surface area contributed by atoms with Gasteiger partial charge >= 0.3 is 0 Å². The molecule has 3 aromatic carbocycles. The Bertz CT molecular complexity index is 785. The Morgan fingerprint density at radius 2 is 1.57 bits per heavy atom. The van der Waals surface area contributed by atoms with Crippen molar-refractivity contribution in [3.8, 4) is 22.6 Å². The maximum Gasteiger partial charge on any atom is 0.162 e. The first-order valence-electron chi connectivity index (χ1n) is 7.37. The molecule has 23 heavy (non-hydrogen) atoms. The Morgan fingerprint density at radius 1 is 0.826 bits per heavy atom. The number of hydrogen-bond acceptors (Lipinski definition) is 2. The van der Waals surface area contributed by atoms with Crippen LogP contribution < -0.4 is 9.47 Å². The van der Waals surface area contributed by atoms with Gasteiger partial charge in [0.25, 0.3) is 0 Å². The predicted molar refractivity (Wildman–Crippen MR) is 96.9 cm³/mol. The third-order valence-corrected chi connectivity index (χ3v) is 4.28. The smallest absolute Gasteiger partial charge is 0.162 e. The molecular weight excluding hydrogens is 352 g/mol. The van der Waals surface area contributed by atoms with E-state index >= 15 is 0 Å². The van der Waals surface area contributed by atoms with E-state index in [2.05, 4.69) is 22.0 Å². The van der Waals surface area contributed by atoms with Crippen molar-refractivity contribution in [1.29, 1.82) is 0 Å². The molecule has 3 heteroatoms. The third-order valence-electron chi connectivity index (χ3n) is 3.59. The van der Waals surface area contributed by atoms with E-state index < -0.39 is 0 Å². The lowest BCUT2D eigenvalue weighted by molar-refractivity contribution is 0.284. The molecule has 0 heterocycles. The molecule has 0 unspecified atom stereocenters. The summed E-state index contributed by atoms with van der Waals surface area (Å²) in [6.07, 6.45) is 0.